The van der Waals surface area contributed by atoms with E-state index in [1.54, 1.807) is 18.6 Å². The molecule has 33 heavy (non-hydrogen) atoms. The van der Waals surface area contributed by atoms with Crippen LogP contribution < -0.4 is 0 Å². The highest BCUT2D eigenvalue weighted by molar-refractivity contribution is 5.95. The third kappa shape index (κ3) is 3.86. The minimum Gasteiger partial charge on any atom is -0.333 e. The number of fused-ring (bicyclic) bond motifs is 3. The van der Waals surface area contributed by atoms with Crippen molar-refractivity contribution in [2.24, 2.45) is 5.92 Å². The minimum absolute atomic E-state index is 0.125. The molecule has 1 aromatic carbocycles. The van der Waals surface area contributed by atoms with Crippen molar-refractivity contribution in [1.29, 1.82) is 0 Å². The molecule has 6 heteroatoms. The number of hydrogen-bond donors (Lipinski definition) is 0. The molecule has 2 aliphatic rings. The Balaban J connectivity index is 1.18. The average Bonchev–Trinajstić information content (AvgIpc) is 3.14. The monoisotopic (exact) mass is 435 g/mol. The quantitative estimate of drug-likeness (QED) is 0.464. The summed E-state index contributed by atoms with van der Waals surface area (Å²) in [6.07, 6.45) is 15.8. The second kappa shape index (κ2) is 8.35. The van der Waals surface area contributed by atoms with Crippen molar-refractivity contribution < 1.29 is 4.79 Å². The van der Waals surface area contributed by atoms with Gasteiger partial charge < -0.3 is 4.90 Å². The molecular formula is C27H25N5O. The number of benzene rings is 1. The van der Waals surface area contributed by atoms with Crippen molar-refractivity contribution >= 4 is 16.7 Å². The van der Waals surface area contributed by atoms with Crippen LogP contribution in [-0.4, -0.2) is 42.8 Å². The molecule has 0 radical (unpaired) electrons. The van der Waals surface area contributed by atoms with E-state index in [2.05, 4.69) is 49.1 Å². The SMILES string of the molecule is O=C(c1ccnc(-c2cncnc2)c1)N1C2CCC1CC(Cc1ccc3cnccc3c1)C2. The van der Waals surface area contributed by atoms with Crippen molar-refractivity contribution in [3.63, 3.8) is 0 Å². The first-order valence-electron chi connectivity index (χ1n) is 11.6. The molecule has 2 fully saturated rings. The highest BCUT2D eigenvalue weighted by Crippen LogP contribution is 2.41. The van der Waals surface area contributed by atoms with Crippen LogP contribution in [0.2, 0.25) is 0 Å². The number of carbonyl (C=O) groups excluding carboxylic acids is 1. The van der Waals surface area contributed by atoms with Crippen LogP contribution in [-0.2, 0) is 6.42 Å². The summed E-state index contributed by atoms with van der Waals surface area (Å²) in [5.74, 6) is 0.736. The van der Waals surface area contributed by atoms with Gasteiger partial charge in [0, 0.05) is 59.6 Å². The van der Waals surface area contributed by atoms with E-state index in [-0.39, 0.29) is 5.91 Å². The van der Waals surface area contributed by atoms with Crippen molar-refractivity contribution in [1.82, 2.24) is 24.8 Å². The van der Waals surface area contributed by atoms with E-state index in [1.165, 1.54) is 22.7 Å². The molecule has 0 saturated carbocycles. The lowest BCUT2D eigenvalue weighted by molar-refractivity contribution is 0.0524. The molecule has 6 rings (SSSR count). The highest BCUT2D eigenvalue weighted by atomic mass is 16.2. The van der Waals surface area contributed by atoms with E-state index in [9.17, 15) is 4.79 Å². The van der Waals surface area contributed by atoms with E-state index < -0.39 is 0 Å². The third-order valence-electron chi connectivity index (χ3n) is 7.16. The number of carbonyl (C=O) groups is 1. The van der Waals surface area contributed by atoms with Gasteiger partial charge >= 0.3 is 0 Å². The smallest absolute Gasteiger partial charge is 0.254 e. The maximum absolute atomic E-state index is 13.5. The second-order valence-corrected chi connectivity index (χ2v) is 9.25. The summed E-state index contributed by atoms with van der Waals surface area (Å²) in [4.78, 5) is 32.4. The standard InChI is InChI=1S/C27H25N5O/c33-27(21-6-8-31-26(13-21)23-15-29-17-30-16-23)32-24-3-4-25(32)12-19(11-24)9-18-1-2-22-14-28-7-5-20(22)10-18/h1-2,5-8,10,13-17,19,24-25H,3-4,9,11-12H2. The number of pyridine rings is 2. The molecule has 0 N–H and O–H groups in total. The first-order valence-corrected chi connectivity index (χ1v) is 11.6. The lowest BCUT2D eigenvalue weighted by atomic mass is 9.85. The molecule has 1 amide bonds. The van der Waals surface area contributed by atoms with Gasteiger partial charge in [0.05, 0.1) is 5.69 Å². The molecule has 2 aliphatic heterocycles. The lowest BCUT2D eigenvalue weighted by Crippen LogP contribution is -2.46. The molecule has 6 nitrogen and oxygen atoms in total. The van der Waals surface area contributed by atoms with Crippen LogP contribution in [0.15, 0.2) is 73.7 Å². The summed E-state index contributed by atoms with van der Waals surface area (Å²) in [5.41, 5.74) is 3.62. The summed E-state index contributed by atoms with van der Waals surface area (Å²) in [6, 6.07) is 13.1. The fraction of sp³-hybridized carbons (Fsp3) is 0.296. The highest BCUT2D eigenvalue weighted by Gasteiger charge is 2.43. The Morgan fingerprint density at radius 2 is 1.70 bits per heavy atom. The van der Waals surface area contributed by atoms with Crippen LogP contribution in [0.1, 0.15) is 41.6 Å². The number of aromatic nitrogens is 4. The van der Waals surface area contributed by atoms with Gasteiger partial charge in [-0.15, -0.1) is 0 Å². The third-order valence-corrected chi connectivity index (χ3v) is 7.16. The fourth-order valence-corrected chi connectivity index (χ4v) is 5.68. The summed E-state index contributed by atoms with van der Waals surface area (Å²) in [6.45, 7) is 0. The number of piperidine rings is 1. The Kier molecular flexibility index (Phi) is 5.06. The first-order chi connectivity index (χ1) is 16.2. The molecule has 164 valence electrons. The largest absolute Gasteiger partial charge is 0.333 e. The molecule has 2 unspecified atom stereocenters. The van der Waals surface area contributed by atoms with Crippen LogP contribution in [0.5, 0.6) is 0 Å². The minimum atomic E-state index is 0.125. The van der Waals surface area contributed by atoms with Gasteiger partial charge in [-0.25, -0.2) is 9.97 Å². The van der Waals surface area contributed by atoms with Gasteiger partial charge in [-0.2, -0.15) is 0 Å². The average molecular weight is 436 g/mol. The Bertz CT molecular complexity index is 1290. The zero-order valence-electron chi connectivity index (χ0n) is 18.3. The van der Waals surface area contributed by atoms with Gasteiger partial charge in [0.1, 0.15) is 6.33 Å². The molecule has 3 aromatic heterocycles. The number of amides is 1. The number of nitrogens with zero attached hydrogens (tertiary/aromatic N) is 5. The normalized spacial score (nSPS) is 21.9. The predicted molar refractivity (Wildman–Crippen MR) is 126 cm³/mol. The van der Waals surface area contributed by atoms with Crippen molar-refractivity contribution in [2.75, 3.05) is 0 Å². The van der Waals surface area contributed by atoms with Gasteiger partial charge in [-0.1, -0.05) is 18.2 Å². The van der Waals surface area contributed by atoms with Gasteiger partial charge in [0.15, 0.2) is 0 Å². The molecule has 5 heterocycles. The van der Waals surface area contributed by atoms with Gasteiger partial charge in [-0.3, -0.25) is 14.8 Å². The Hall–Kier alpha value is -3.67. The molecule has 2 bridgehead atoms. The van der Waals surface area contributed by atoms with Crippen LogP contribution in [0.4, 0.5) is 0 Å². The Morgan fingerprint density at radius 1 is 0.879 bits per heavy atom. The van der Waals surface area contributed by atoms with E-state index in [4.69, 9.17) is 0 Å². The number of rotatable bonds is 4. The van der Waals surface area contributed by atoms with Gasteiger partial charge in [-0.05, 0) is 67.2 Å². The Morgan fingerprint density at radius 3 is 2.52 bits per heavy atom. The van der Waals surface area contributed by atoms with Crippen LogP contribution in [0.25, 0.3) is 22.0 Å². The van der Waals surface area contributed by atoms with Gasteiger partial charge in [0.25, 0.3) is 5.91 Å². The summed E-state index contributed by atoms with van der Waals surface area (Å²) in [5, 5.41) is 2.43. The molecule has 4 aromatic rings. The zero-order valence-corrected chi connectivity index (χ0v) is 18.3. The summed E-state index contributed by atoms with van der Waals surface area (Å²) >= 11 is 0. The van der Waals surface area contributed by atoms with E-state index in [0.717, 1.165) is 43.4 Å². The molecule has 2 saturated heterocycles. The van der Waals surface area contributed by atoms with Crippen molar-refractivity contribution in [2.45, 2.75) is 44.2 Å². The van der Waals surface area contributed by atoms with E-state index in [0.29, 0.717) is 23.6 Å². The number of hydrogen-bond acceptors (Lipinski definition) is 5. The zero-order chi connectivity index (χ0) is 22.2. The Labute approximate surface area is 192 Å². The van der Waals surface area contributed by atoms with Crippen LogP contribution >= 0.6 is 0 Å². The molecule has 0 spiro atoms. The molecular weight excluding hydrogens is 410 g/mol. The second-order valence-electron chi connectivity index (χ2n) is 9.25. The lowest BCUT2D eigenvalue weighted by Gasteiger charge is -2.39. The molecule has 0 aliphatic carbocycles. The summed E-state index contributed by atoms with van der Waals surface area (Å²) < 4.78 is 0. The summed E-state index contributed by atoms with van der Waals surface area (Å²) in [7, 11) is 0. The topological polar surface area (TPSA) is 71.9 Å². The van der Waals surface area contributed by atoms with E-state index in [1.807, 2.05) is 24.5 Å². The fourth-order valence-electron chi connectivity index (χ4n) is 5.68. The maximum Gasteiger partial charge on any atom is 0.254 e. The van der Waals surface area contributed by atoms with Crippen LogP contribution in [0, 0.1) is 5.92 Å². The predicted octanol–water partition coefficient (Wildman–Crippen LogP) is 4.71. The van der Waals surface area contributed by atoms with Crippen LogP contribution in [0.3, 0.4) is 0 Å². The van der Waals surface area contributed by atoms with Crippen molar-refractivity contribution in [3.05, 3.63) is 84.8 Å². The first kappa shape index (κ1) is 20.0. The van der Waals surface area contributed by atoms with Crippen molar-refractivity contribution in [3.8, 4) is 11.3 Å². The van der Waals surface area contributed by atoms with E-state index >= 15 is 0 Å². The maximum atomic E-state index is 13.5. The van der Waals surface area contributed by atoms with Gasteiger partial charge in [0.2, 0.25) is 0 Å². The molecule has 2 atom stereocenters.